The average molecular weight is 281 g/mol. The minimum atomic E-state index is -0.254. The van der Waals surface area contributed by atoms with Gasteiger partial charge in [-0.2, -0.15) is 0 Å². The van der Waals surface area contributed by atoms with Gasteiger partial charge in [0.15, 0.2) is 4.34 Å². The summed E-state index contributed by atoms with van der Waals surface area (Å²) in [6, 6.07) is 3.53. The van der Waals surface area contributed by atoms with E-state index < -0.39 is 0 Å². The molecule has 0 unspecified atom stereocenters. The molecule has 0 bridgehead atoms. The maximum Gasteiger partial charge on any atom is 0.250 e. The second kappa shape index (κ2) is 6.36. The summed E-state index contributed by atoms with van der Waals surface area (Å²) < 4.78 is 5.92. The lowest BCUT2D eigenvalue weighted by Gasteiger charge is -1.93. The van der Waals surface area contributed by atoms with Crippen molar-refractivity contribution in [1.29, 1.82) is 0 Å². The molecule has 0 fully saturated rings. The number of amides is 1. The molecule has 5 nitrogen and oxygen atoms in total. The number of aromatic nitrogens is 2. The molecule has 0 saturated carbocycles. The highest BCUT2D eigenvalue weighted by Gasteiger charge is 2.05. The van der Waals surface area contributed by atoms with Crippen LogP contribution in [0, 0.1) is 0 Å². The molecule has 0 spiro atoms. The van der Waals surface area contributed by atoms with Gasteiger partial charge in [0.1, 0.15) is 5.76 Å². The van der Waals surface area contributed by atoms with Gasteiger partial charge in [-0.05, 0) is 24.0 Å². The van der Waals surface area contributed by atoms with Crippen LogP contribution in [0.5, 0.6) is 0 Å². The molecule has 2 aromatic heterocycles. The molecule has 0 aliphatic rings. The van der Waals surface area contributed by atoms with Gasteiger partial charge in [-0.25, -0.2) is 0 Å². The van der Waals surface area contributed by atoms with Crippen LogP contribution in [0.4, 0.5) is 5.13 Å². The van der Waals surface area contributed by atoms with Gasteiger partial charge in [-0.1, -0.05) is 30.0 Å². The predicted molar refractivity (Wildman–Crippen MR) is 72.7 cm³/mol. The van der Waals surface area contributed by atoms with Crippen LogP contribution in [0.2, 0.25) is 0 Å². The van der Waals surface area contributed by atoms with Crippen molar-refractivity contribution in [2.24, 2.45) is 0 Å². The molecule has 7 heteroatoms. The van der Waals surface area contributed by atoms with Gasteiger partial charge in [-0.3, -0.25) is 10.1 Å². The van der Waals surface area contributed by atoms with E-state index in [9.17, 15) is 4.79 Å². The molecule has 1 N–H and O–H groups in total. The first-order valence-electron chi connectivity index (χ1n) is 5.27. The van der Waals surface area contributed by atoms with Gasteiger partial charge in [-0.15, -0.1) is 10.2 Å². The van der Waals surface area contributed by atoms with Gasteiger partial charge >= 0.3 is 0 Å². The fourth-order valence-electron chi connectivity index (χ4n) is 1.13. The summed E-state index contributed by atoms with van der Waals surface area (Å²) in [5, 5.41) is 11.0. The molecule has 1 amide bonds. The third-order valence-corrected chi connectivity index (χ3v) is 3.70. The number of nitrogens with one attached hydrogen (secondary N) is 1. The van der Waals surface area contributed by atoms with E-state index in [1.165, 1.54) is 17.4 Å². The van der Waals surface area contributed by atoms with Gasteiger partial charge < -0.3 is 4.42 Å². The summed E-state index contributed by atoms with van der Waals surface area (Å²) in [7, 11) is 0. The summed E-state index contributed by atoms with van der Waals surface area (Å²) in [4.78, 5) is 11.6. The Labute approximate surface area is 112 Å². The molecule has 94 valence electrons. The quantitative estimate of drug-likeness (QED) is 0.518. The van der Waals surface area contributed by atoms with Gasteiger partial charge in [0.2, 0.25) is 11.0 Å². The molecule has 0 atom stereocenters. The van der Waals surface area contributed by atoms with Crippen molar-refractivity contribution >= 4 is 40.2 Å². The Morgan fingerprint density at radius 2 is 2.50 bits per heavy atom. The number of furan rings is 1. The largest absolute Gasteiger partial charge is 0.465 e. The molecule has 0 aliphatic carbocycles. The lowest BCUT2D eigenvalue weighted by molar-refractivity contribution is -0.111. The van der Waals surface area contributed by atoms with Crippen LogP contribution >= 0.6 is 23.1 Å². The zero-order chi connectivity index (χ0) is 12.8. The molecule has 2 rings (SSSR count). The molecule has 0 aromatic carbocycles. The Morgan fingerprint density at radius 3 is 3.22 bits per heavy atom. The topological polar surface area (TPSA) is 68.0 Å². The Bertz CT molecular complexity index is 534. The molecular formula is C11H11N3O2S2. The highest BCUT2D eigenvalue weighted by Crippen LogP contribution is 2.24. The third kappa shape index (κ3) is 3.71. The van der Waals surface area contributed by atoms with E-state index in [0.717, 1.165) is 10.1 Å². The number of carbonyl (C=O) groups is 1. The fourth-order valence-corrected chi connectivity index (χ4v) is 2.78. The number of thioether (sulfide) groups is 1. The molecule has 0 saturated heterocycles. The number of anilines is 1. The first-order chi connectivity index (χ1) is 8.78. The number of carbonyl (C=O) groups excluding carboxylic acids is 1. The van der Waals surface area contributed by atoms with Gasteiger partial charge in [0.25, 0.3) is 0 Å². The minimum absolute atomic E-state index is 0.254. The van der Waals surface area contributed by atoms with Crippen LogP contribution in [-0.2, 0) is 4.79 Å². The van der Waals surface area contributed by atoms with Crippen LogP contribution < -0.4 is 5.32 Å². The lowest BCUT2D eigenvalue weighted by atomic mass is 10.4. The maximum atomic E-state index is 11.6. The summed E-state index contributed by atoms with van der Waals surface area (Å²) in [6.45, 7) is 2.04. The Morgan fingerprint density at radius 1 is 1.61 bits per heavy atom. The summed E-state index contributed by atoms with van der Waals surface area (Å²) >= 11 is 2.96. The summed E-state index contributed by atoms with van der Waals surface area (Å²) in [6.07, 6.45) is 4.54. The zero-order valence-corrected chi connectivity index (χ0v) is 11.3. The normalized spacial score (nSPS) is 10.9. The van der Waals surface area contributed by atoms with E-state index in [0.29, 0.717) is 10.9 Å². The Kier molecular flexibility index (Phi) is 4.54. The fraction of sp³-hybridized carbons (Fsp3) is 0.182. The maximum absolute atomic E-state index is 11.6. The monoisotopic (exact) mass is 281 g/mol. The first-order valence-corrected chi connectivity index (χ1v) is 7.07. The molecule has 0 aliphatic heterocycles. The van der Waals surface area contributed by atoms with Crippen molar-refractivity contribution in [2.75, 3.05) is 11.1 Å². The Hall–Kier alpha value is -1.60. The number of nitrogens with zero attached hydrogens (tertiary/aromatic N) is 2. The molecule has 2 aromatic rings. The molecule has 2 heterocycles. The van der Waals surface area contributed by atoms with Crippen LogP contribution in [-0.4, -0.2) is 21.9 Å². The van der Waals surface area contributed by atoms with Crippen molar-refractivity contribution in [1.82, 2.24) is 10.2 Å². The van der Waals surface area contributed by atoms with Crippen molar-refractivity contribution < 1.29 is 9.21 Å². The number of hydrogen-bond donors (Lipinski definition) is 1. The lowest BCUT2D eigenvalue weighted by Crippen LogP contribution is -2.07. The number of rotatable bonds is 5. The van der Waals surface area contributed by atoms with Crippen molar-refractivity contribution in [3.63, 3.8) is 0 Å². The van der Waals surface area contributed by atoms with E-state index in [-0.39, 0.29) is 5.91 Å². The van der Waals surface area contributed by atoms with E-state index in [2.05, 4.69) is 15.5 Å². The summed E-state index contributed by atoms with van der Waals surface area (Å²) in [5.41, 5.74) is 0. The van der Waals surface area contributed by atoms with Crippen molar-refractivity contribution in [2.45, 2.75) is 11.3 Å². The van der Waals surface area contributed by atoms with Crippen LogP contribution in [0.25, 0.3) is 6.08 Å². The molecule has 18 heavy (non-hydrogen) atoms. The Balaban J connectivity index is 1.90. The third-order valence-electron chi connectivity index (χ3n) is 1.85. The highest BCUT2D eigenvalue weighted by atomic mass is 32.2. The molecule has 0 radical (unpaired) electrons. The van der Waals surface area contributed by atoms with Crippen LogP contribution in [0.1, 0.15) is 12.7 Å². The van der Waals surface area contributed by atoms with Gasteiger partial charge in [0.05, 0.1) is 6.26 Å². The van der Waals surface area contributed by atoms with Crippen molar-refractivity contribution in [3.05, 3.63) is 30.2 Å². The van der Waals surface area contributed by atoms with E-state index in [1.807, 2.05) is 6.92 Å². The zero-order valence-electron chi connectivity index (χ0n) is 9.62. The van der Waals surface area contributed by atoms with Crippen LogP contribution in [0.3, 0.4) is 0 Å². The second-order valence-electron chi connectivity index (χ2n) is 3.14. The van der Waals surface area contributed by atoms with Crippen molar-refractivity contribution in [3.8, 4) is 0 Å². The second-order valence-corrected chi connectivity index (χ2v) is 5.63. The van der Waals surface area contributed by atoms with E-state index >= 15 is 0 Å². The van der Waals surface area contributed by atoms with E-state index in [4.69, 9.17) is 4.42 Å². The van der Waals surface area contributed by atoms with Crippen LogP contribution in [0.15, 0.2) is 33.2 Å². The minimum Gasteiger partial charge on any atom is -0.465 e. The standard InChI is InChI=1S/C11H11N3O2S2/c1-2-17-11-14-13-10(18-11)12-9(15)6-5-8-4-3-7-16-8/h3-7H,2H2,1H3,(H,12,13,15). The summed E-state index contributed by atoms with van der Waals surface area (Å²) in [5.74, 6) is 1.31. The van der Waals surface area contributed by atoms with E-state index in [1.54, 1.807) is 36.2 Å². The molecular weight excluding hydrogens is 270 g/mol. The smallest absolute Gasteiger partial charge is 0.250 e. The highest BCUT2D eigenvalue weighted by molar-refractivity contribution is 8.01. The van der Waals surface area contributed by atoms with Gasteiger partial charge in [0, 0.05) is 6.08 Å². The SMILES string of the molecule is CCSc1nnc(NC(=O)C=Cc2ccco2)s1. The first kappa shape index (κ1) is 12.8. The number of hydrogen-bond acceptors (Lipinski definition) is 6. The average Bonchev–Trinajstić information content (AvgIpc) is 2.99. The predicted octanol–water partition coefficient (Wildman–Crippen LogP) is 2.90.